The van der Waals surface area contributed by atoms with E-state index < -0.39 is 17.3 Å². The lowest BCUT2D eigenvalue weighted by molar-refractivity contribution is -0.142. The van der Waals surface area contributed by atoms with Crippen LogP contribution in [0.3, 0.4) is 0 Å². The number of aryl methyl sites for hydroxylation is 2. The molecule has 1 fully saturated rings. The fourth-order valence-electron chi connectivity index (χ4n) is 4.28. The lowest BCUT2D eigenvalue weighted by Crippen LogP contribution is -2.45. The molecule has 0 spiro atoms. The number of carboxylic acid groups (broad SMARTS) is 1. The van der Waals surface area contributed by atoms with Crippen LogP contribution in [0.4, 0.5) is 0 Å². The van der Waals surface area contributed by atoms with Crippen molar-refractivity contribution in [2.75, 3.05) is 6.54 Å². The Labute approximate surface area is 153 Å². The van der Waals surface area contributed by atoms with Crippen molar-refractivity contribution >= 4 is 11.9 Å². The molecule has 1 saturated carbocycles. The summed E-state index contributed by atoms with van der Waals surface area (Å²) < 4.78 is 0. The maximum absolute atomic E-state index is 13.4. The van der Waals surface area contributed by atoms with Crippen molar-refractivity contribution in [2.45, 2.75) is 44.6 Å². The van der Waals surface area contributed by atoms with E-state index in [1.165, 1.54) is 0 Å². The minimum atomic E-state index is -0.869. The van der Waals surface area contributed by atoms with Crippen LogP contribution in [0, 0.1) is 13.8 Å². The average Bonchev–Trinajstić information content (AvgIpc) is 3.41. The number of carboxylic acids is 1. The van der Waals surface area contributed by atoms with Gasteiger partial charge in [-0.15, -0.1) is 0 Å². The molecule has 4 heteroatoms. The van der Waals surface area contributed by atoms with Crippen molar-refractivity contribution in [3.63, 3.8) is 0 Å². The second kappa shape index (κ2) is 5.97. The number of hydrogen-bond acceptors (Lipinski definition) is 2. The third-order valence-corrected chi connectivity index (χ3v) is 5.71. The van der Waals surface area contributed by atoms with Crippen molar-refractivity contribution in [1.29, 1.82) is 0 Å². The number of amides is 1. The normalized spacial score (nSPS) is 20.4. The molecule has 0 saturated heterocycles. The molecular weight excluding hydrogens is 326 g/mol. The lowest BCUT2D eigenvalue weighted by atomic mass is 9.87. The van der Waals surface area contributed by atoms with Crippen LogP contribution in [-0.2, 0) is 21.5 Å². The number of carbonyl (C=O) groups is 2. The summed E-state index contributed by atoms with van der Waals surface area (Å²) in [6.07, 6.45) is 1.68. The zero-order valence-corrected chi connectivity index (χ0v) is 15.2. The van der Waals surface area contributed by atoms with Crippen molar-refractivity contribution in [3.8, 4) is 0 Å². The van der Waals surface area contributed by atoms with Gasteiger partial charge in [0, 0.05) is 13.1 Å². The summed E-state index contributed by atoms with van der Waals surface area (Å²) in [7, 11) is 0. The van der Waals surface area contributed by atoms with Gasteiger partial charge in [0.15, 0.2) is 0 Å². The number of rotatable bonds is 3. The molecular formula is C22H23NO3. The smallest absolute Gasteiger partial charge is 0.312 e. The predicted octanol–water partition coefficient (Wildman–Crippen LogP) is 3.55. The zero-order valence-electron chi connectivity index (χ0n) is 15.2. The molecule has 4 nitrogen and oxygen atoms in total. The Hall–Kier alpha value is -2.62. The largest absolute Gasteiger partial charge is 0.481 e. The van der Waals surface area contributed by atoms with Crippen LogP contribution >= 0.6 is 0 Å². The molecule has 1 aliphatic heterocycles. The molecule has 26 heavy (non-hydrogen) atoms. The maximum Gasteiger partial charge on any atom is 0.312 e. The Balaban J connectivity index is 1.68. The van der Waals surface area contributed by atoms with Crippen LogP contribution in [0.25, 0.3) is 0 Å². The van der Waals surface area contributed by atoms with Crippen molar-refractivity contribution in [2.24, 2.45) is 0 Å². The average molecular weight is 349 g/mol. The van der Waals surface area contributed by atoms with E-state index in [2.05, 4.69) is 32.0 Å². The fraction of sp³-hybridized carbons (Fsp3) is 0.364. The molecule has 1 aliphatic carbocycles. The summed E-state index contributed by atoms with van der Waals surface area (Å²) in [6.45, 7) is 4.84. The zero-order chi connectivity index (χ0) is 18.5. The van der Waals surface area contributed by atoms with Crippen LogP contribution in [-0.4, -0.2) is 28.4 Å². The summed E-state index contributed by atoms with van der Waals surface area (Å²) >= 11 is 0. The number of fused-ring (bicyclic) bond motifs is 1. The minimum Gasteiger partial charge on any atom is -0.481 e. The topological polar surface area (TPSA) is 57.6 Å². The van der Waals surface area contributed by atoms with Crippen LogP contribution in [0.2, 0.25) is 0 Å². The van der Waals surface area contributed by atoms with E-state index in [0.717, 1.165) is 40.7 Å². The SMILES string of the molecule is Cc1cc(C)cc(C2(C(=O)N3Cc4ccccc4C(C(=O)O)C3)CC2)c1. The van der Waals surface area contributed by atoms with Crippen LogP contribution in [0.5, 0.6) is 0 Å². The molecule has 1 unspecified atom stereocenters. The summed E-state index contributed by atoms with van der Waals surface area (Å²) in [5.41, 5.74) is 4.70. The number of aliphatic carboxylic acids is 1. The van der Waals surface area contributed by atoms with Gasteiger partial charge >= 0.3 is 5.97 Å². The van der Waals surface area contributed by atoms with Gasteiger partial charge in [0.05, 0.1) is 11.3 Å². The van der Waals surface area contributed by atoms with E-state index in [1.54, 1.807) is 4.90 Å². The molecule has 0 aromatic heterocycles. The fourth-order valence-corrected chi connectivity index (χ4v) is 4.28. The van der Waals surface area contributed by atoms with E-state index in [0.29, 0.717) is 6.54 Å². The van der Waals surface area contributed by atoms with Gasteiger partial charge in [-0.05, 0) is 43.4 Å². The van der Waals surface area contributed by atoms with Crippen molar-refractivity contribution in [1.82, 2.24) is 4.90 Å². The van der Waals surface area contributed by atoms with Crippen LogP contribution < -0.4 is 0 Å². The highest BCUT2D eigenvalue weighted by Gasteiger charge is 2.54. The first-order chi connectivity index (χ1) is 12.4. The maximum atomic E-state index is 13.4. The molecule has 1 heterocycles. The monoisotopic (exact) mass is 349 g/mol. The first-order valence-electron chi connectivity index (χ1n) is 9.09. The molecule has 1 amide bonds. The third-order valence-electron chi connectivity index (χ3n) is 5.71. The molecule has 0 bridgehead atoms. The molecule has 2 aromatic rings. The number of benzene rings is 2. The van der Waals surface area contributed by atoms with Gasteiger partial charge < -0.3 is 10.0 Å². The van der Waals surface area contributed by atoms with E-state index in [1.807, 2.05) is 24.3 Å². The number of nitrogens with zero attached hydrogens (tertiary/aromatic N) is 1. The molecule has 0 radical (unpaired) electrons. The van der Waals surface area contributed by atoms with Crippen LogP contribution in [0.15, 0.2) is 42.5 Å². The number of hydrogen-bond donors (Lipinski definition) is 1. The van der Waals surface area contributed by atoms with Crippen molar-refractivity contribution in [3.05, 3.63) is 70.3 Å². The van der Waals surface area contributed by atoms with E-state index in [-0.39, 0.29) is 12.5 Å². The highest BCUT2D eigenvalue weighted by atomic mass is 16.4. The quantitative estimate of drug-likeness (QED) is 0.922. The second-order valence-corrected chi connectivity index (χ2v) is 7.73. The minimum absolute atomic E-state index is 0.0725. The first-order valence-corrected chi connectivity index (χ1v) is 9.09. The van der Waals surface area contributed by atoms with Crippen molar-refractivity contribution < 1.29 is 14.7 Å². The van der Waals surface area contributed by atoms with Crippen LogP contribution in [0.1, 0.15) is 46.6 Å². The third kappa shape index (κ3) is 2.70. The van der Waals surface area contributed by atoms with Gasteiger partial charge in [-0.2, -0.15) is 0 Å². The molecule has 2 aliphatic rings. The standard InChI is InChI=1S/C22H23NO3/c1-14-9-15(2)11-17(10-14)22(7-8-22)21(26)23-12-16-5-3-4-6-18(16)19(13-23)20(24)25/h3-6,9-11,19H,7-8,12-13H2,1-2H3,(H,24,25). The van der Waals surface area contributed by atoms with Gasteiger partial charge in [-0.25, -0.2) is 0 Å². The van der Waals surface area contributed by atoms with E-state index in [4.69, 9.17) is 0 Å². The molecule has 1 atom stereocenters. The van der Waals surface area contributed by atoms with Gasteiger partial charge in [0.25, 0.3) is 0 Å². The van der Waals surface area contributed by atoms with Gasteiger partial charge in [-0.3, -0.25) is 9.59 Å². The molecule has 2 aromatic carbocycles. The van der Waals surface area contributed by atoms with Gasteiger partial charge in [-0.1, -0.05) is 53.6 Å². The summed E-state index contributed by atoms with van der Waals surface area (Å²) in [4.78, 5) is 26.9. The lowest BCUT2D eigenvalue weighted by Gasteiger charge is -2.35. The molecule has 4 rings (SSSR count). The van der Waals surface area contributed by atoms with Gasteiger partial charge in [0.1, 0.15) is 0 Å². The Kier molecular flexibility index (Phi) is 3.87. The Bertz CT molecular complexity index is 878. The molecule has 1 N–H and O–H groups in total. The highest BCUT2D eigenvalue weighted by Crippen LogP contribution is 2.50. The number of carbonyl (C=O) groups excluding carboxylic acids is 1. The predicted molar refractivity (Wildman–Crippen MR) is 99.1 cm³/mol. The van der Waals surface area contributed by atoms with E-state index >= 15 is 0 Å². The van der Waals surface area contributed by atoms with E-state index in [9.17, 15) is 14.7 Å². The molecule has 134 valence electrons. The Morgan fingerprint density at radius 1 is 1.08 bits per heavy atom. The summed E-state index contributed by atoms with van der Waals surface area (Å²) in [5, 5.41) is 9.65. The second-order valence-electron chi connectivity index (χ2n) is 7.73. The summed E-state index contributed by atoms with van der Waals surface area (Å²) in [6, 6.07) is 13.9. The summed E-state index contributed by atoms with van der Waals surface area (Å²) in [5.74, 6) is -1.45. The highest BCUT2D eigenvalue weighted by molar-refractivity contribution is 5.92. The Morgan fingerprint density at radius 3 is 2.35 bits per heavy atom. The van der Waals surface area contributed by atoms with Gasteiger partial charge in [0.2, 0.25) is 5.91 Å². The first kappa shape index (κ1) is 16.8. The Morgan fingerprint density at radius 2 is 1.73 bits per heavy atom.